The first-order valence-corrected chi connectivity index (χ1v) is 9.15. The van der Waals surface area contributed by atoms with Gasteiger partial charge in [0.15, 0.2) is 0 Å². The van der Waals surface area contributed by atoms with Crippen molar-refractivity contribution in [2.45, 2.75) is 40.2 Å². The third-order valence-electron chi connectivity index (χ3n) is 4.35. The molecule has 1 aromatic carbocycles. The largest absolute Gasteiger partial charge is 0.326 e. The Balaban J connectivity index is 1.72. The second kappa shape index (κ2) is 7.19. The standard InChI is InChI=1S/C19H21N3O2S/c1-4-14-6-5-7-15(10-14)21-16(23)8-9-22-11-20-18-17(19(22)24)12(2)13(3)25-18/h5-7,10-11H,4,8-9H2,1-3H3,(H,21,23). The summed E-state index contributed by atoms with van der Waals surface area (Å²) >= 11 is 1.53. The number of aryl methyl sites for hydroxylation is 4. The molecule has 0 fully saturated rings. The Morgan fingerprint density at radius 2 is 2.12 bits per heavy atom. The maximum Gasteiger partial charge on any atom is 0.262 e. The van der Waals surface area contributed by atoms with E-state index < -0.39 is 0 Å². The Bertz CT molecular complexity index is 988. The van der Waals surface area contributed by atoms with Crippen molar-refractivity contribution in [2.75, 3.05) is 5.32 Å². The molecule has 1 amide bonds. The minimum atomic E-state index is -0.113. The molecule has 0 saturated heterocycles. The summed E-state index contributed by atoms with van der Waals surface area (Å²) in [4.78, 5) is 31.0. The van der Waals surface area contributed by atoms with Crippen LogP contribution < -0.4 is 10.9 Å². The second-order valence-corrected chi connectivity index (χ2v) is 7.26. The Kier molecular flexibility index (Phi) is 4.99. The van der Waals surface area contributed by atoms with E-state index in [1.54, 1.807) is 0 Å². The van der Waals surface area contributed by atoms with Crippen LogP contribution >= 0.6 is 11.3 Å². The number of fused-ring (bicyclic) bond motifs is 1. The molecule has 5 nitrogen and oxygen atoms in total. The van der Waals surface area contributed by atoms with E-state index in [2.05, 4.69) is 17.2 Å². The number of hydrogen-bond acceptors (Lipinski definition) is 4. The number of benzene rings is 1. The van der Waals surface area contributed by atoms with Crippen molar-refractivity contribution in [2.24, 2.45) is 0 Å². The number of amides is 1. The second-order valence-electron chi connectivity index (χ2n) is 6.06. The van der Waals surface area contributed by atoms with Crippen molar-refractivity contribution < 1.29 is 4.79 Å². The molecule has 0 bridgehead atoms. The molecule has 0 aliphatic carbocycles. The van der Waals surface area contributed by atoms with Gasteiger partial charge < -0.3 is 5.32 Å². The molecule has 6 heteroatoms. The SMILES string of the molecule is CCc1cccc(NC(=O)CCn2cnc3sc(C)c(C)c3c2=O)c1. The van der Waals surface area contributed by atoms with Gasteiger partial charge in [0.25, 0.3) is 5.56 Å². The van der Waals surface area contributed by atoms with Gasteiger partial charge in [-0.25, -0.2) is 4.98 Å². The highest BCUT2D eigenvalue weighted by Gasteiger charge is 2.12. The summed E-state index contributed by atoms with van der Waals surface area (Å²) in [5.74, 6) is -0.113. The van der Waals surface area contributed by atoms with Gasteiger partial charge >= 0.3 is 0 Å². The summed E-state index contributed by atoms with van der Waals surface area (Å²) < 4.78 is 1.52. The lowest BCUT2D eigenvalue weighted by atomic mass is 10.1. The highest BCUT2D eigenvalue weighted by molar-refractivity contribution is 7.18. The van der Waals surface area contributed by atoms with E-state index in [0.29, 0.717) is 11.9 Å². The maximum absolute atomic E-state index is 12.6. The number of rotatable bonds is 5. The van der Waals surface area contributed by atoms with Crippen molar-refractivity contribution in [3.05, 3.63) is 57.0 Å². The van der Waals surface area contributed by atoms with Crippen LogP contribution in [-0.2, 0) is 17.8 Å². The number of anilines is 1. The van der Waals surface area contributed by atoms with E-state index in [-0.39, 0.29) is 17.9 Å². The van der Waals surface area contributed by atoms with Gasteiger partial charge in [-0.15, -0.1) is 11.3 Å². The van der Waals surface area contributed by atoms with Crippen molar-refractivity contribution in [3.8, 4) is 0 Å². The van der Waals surface area contributed by atoms with Crippen LogP contribution in [0.4, 0.5) is 5.69 Å². The lowest BCUT2D eigenvalue weighted by Gasteiger charge is -2.08. The third kappa shape index (κ3) is 3.64. The molecule has 3 aromatic rings. The van der Waals surface area contributed by atoms with Gasteiger partial charge in [0.2, 0.25) is 5.91 Å². The topological polar surface area (TPSA) is 64.0 Å². The molecular weight excluding hydrogens is 334 g/mol. The number of aromatic nitrogens is 2. The van der Waals surface area contributed by atoms with E-state index in [1.807, 2.05) is 38.1 Å². The predicted octanol–water partition coefficient (Wildman–Crippen LogP) is 3.67. The lowest BCUT2D eigenvalue weighted by molar-refractivity contribution is -0.116. The van der Waals surface area contributed by atoms with Crippen LogP contribution in [0.2, 0.25) is 0 Å². The number of carbonyl (C=O) groups excluding carboxylic acids is 1. The van der Waals surface area contributed by atoms with Crippen LogP contribution in [0.15, 0.2) is 35.4 Å². The van der Waals surface area contributed by atoms with Crippen LogP contribution in [-0.4, -0.2) is 15.5 Å². The molecule has 2 heterocycles. The number of nitrogens with one attached hydrogen (secondary N) is 1. The molecule has 0 saturated carbocycles. The van der Waals surface area contributed by atoms with Crippen LogP contribution in [0.1, 0.15) is 29.3 Å². The zero-order valence-corrected chi connectivity index (χ0v) is 15.4. The van der Waals surface area contributed by atoms with Crippen molar-refractivity contribution in [3.63, 3.8) is 0 Å². The van der Waals surface area contributed by atoms with Gasteiger partial charge in [-0.3, -0.25) is 14.2 Å². The van der Waals surface area contributed by atoms with Crippen LogP contribution in [0.25, 0.3) is 10.2 Å². The molecule has 0 atom stereocenters. The van der Waals surface area contributed by atoms with Gasteiger partial charge in [-0.2, -0.15) is 0 Å². The first kappa shape index (κ1) is 17.4. The highest BCUT2D eigenvalue weighted by Crippen LogP contribution is 2.25. The molecule has 1 N–H and O–H groups in total. The van der Waals surface area contributed by atoms with Crippen molar-refractivity contribution >= 4 is 33.1 Å². The number of carbonyl (C=O) groups is 1. The van der Waals surface area contributed by atoms with Gasteiger partial charge in [-0.1, -0.05) is 19.1 Å². The summed E-state index contributed by atoms with van der Waals surface area (Å²) in [5.41, 5.74) is 2.86. The average Bonchev–Trinajstić information content (AvgIpc) is 2.89. The Morgan fingerprint density at radius 3 is 2.88 bits per heavy atom. The Hall–Kier alpha value is -2.47. The lowest BCUT2D eigenvalue weighted by Crippen LogP contribution is -2.23. The van der Waals surface area contributed by atoms with Gasteiger partial charge in [0, 0.05) is 23.5 Å². The first-order valence-electron chi connectivity index (χ1n) is 8.33. The molecule has 0 aliphatic heterocycles. The molecule has 130 valence electrons. The van der Waals surface area contributed by atoms with Crippen LogP contribution in [0.5, 0.6) is 0 Å². The minimum absolute atomic E-state index is 0.0763. The van der Waals surface area contributed by atoms with Crippen molar-refractivity contribution in [1.82, 2.24) is 9.55 Å². The van der Waals surface area contributed by atoms with Crippen LogP contribution in [0, 0.1) is 13.8 Å². The molecule has 25 heavy (non-hydrogen) atoms. The van der Waals surface area contributed by atoms with Gasteiger partial charge in [0.1, 0.15) is 4.83 Å². The number of thiophene rings is 1. The van der Waals surface area contributed by atoms with Crippen LogP contribution in [0.3, 0.4) is 0 Å². The van der Waals surface area contributed by atoms with E-state index in [9.17, 15) is 9.59 Å². The molecule has 0 aliphatic rings. The predicted molar refractivity (Wildman–Crippen MR) is 102 cm³/mol. The molecular formula is C19H21N3O2S. The zero-order chi connectivity index (χ0) is 18.0. The maximum atomic E-state index is 12.6. The Labute approximate surface area is 150 Å². The summed E-state index contributed by atoms with van der Waals surface area (Å²) in [7, 11) is 0. The monoisotopic (exact) mass is 355 g/mol. The summed E-state index contributed by atoms with van der Waals surface area (Å²) in [6, 6.07) is 7.79. The highest BCUT2D eigenvalue weighted by atomic mass is 32.1. The fraction of sp³-hybridized carbons (Fsp3) is 0.316. The van der Waals surface area contributed by atoms with E-state index in [1.165, 1.54) is 27.8 Å². The fourth-order valence-corrected chi connectivity index (χ4v) is 3.73. The zero-order valence-electron chi connectivity index (χ0n) is 14.6. The third-order valence-corrected chi connectivity index (χ3v) is 5.47. The van der Waals surface area contributed by atoms with Gasteiger partial charge in [-0.05, 0) is 43.5 Å². The summed E-state index contributed by atoms with van der Waals surface area (Å²) in [6.07, 6.45) is 2.68. The van der Waals surface area contributed by atoms with Gasteiger partial charge in [0.05, 0.1) is 11.7 Å². The number of hydrogen-bond donors (Lipinski definition) is 1. The molecule has 0 spiro atoms. The van der Waals surface area contributed by atoms with E-state index in [0.717, 1.165) is 27.4 Å². The minimum Gasteiger partial charge on any atom is -0.326 e. The number of nitrogens with zero attached hydrogens (tertiary/aromatic N) is 2. The molecule has 3 rings (SSSR count). The quantitative estimate of drug-likeness (QED) is 0.759. The van der Waals surface area contributed by atoms with E-state index in [4.69, 9.17) is 0 Å². The Morgan fingerprint density at radius 1 is 1.32 bits per heavy atom. The van der Waals surface area contributed by atoms with Crippen molar-refractivity contribution in [1.29, 1.82) is 0 Å². The fourth-order valence-electron chi connectivity index (χ4n) is 2.74. The molecule has 0 radical (unpaired) electrons. The first-order chi connectivity index (χ1) is 12.0. The summed E-state index contributed by atoms with van der Waals surface area (Å²) in [5, 5.41) is 3.55. The van der Waals surface area contributed by atoms with E-state index >= 15 is 0 Å². The molecule has 2 aromatic heterocycles. The molecule has 0 unspecified atom stereocenters. The summed E-state index contributed by atoms with van der Waals surface area (Å²) in [6.45, 7) is 6.32. The smallest absolute Gasteiger partial charge is 0.262 e. The normalized spacial score (nSPS) is 11.0. The average molecular weight is 355 g/mol.